The van der Waals surface area contributed by atoms with Crippen molar-refractivity contribution in [3.8, 4) is 0 Å². The van der Waals surface area contributed by atoms with E-state index in [9.17, 15) is 4.79 Å². The van der Waals surface area contributed by atoms with Crippen LogP contribution in [-0.2, 0) is 18.3 Å². The van der Waals surface area contributed by atoms with Gasteiger partial charge in [0.25, 0.3) is 0 Å². The number of aromatic nitrogens is 2. The Morgan fingerprint density at radius 3 is 2.69 bits per heavy atom. The number of nitrogens with zero attached hydrogens (tertiary/aromatic N) is 3. The monoisotopic (exact) mass is 347 g/mol. The standard InChI is InChI=1S/C22H25N3O/c1-24-20-12-6-5-11-19(20)23-22(24)18-10-7-15-25(16-18)21(26)14-13-17-8-3-2-4-9-17/h2-6,8-9,11-12,18H,7,10,13-16H2,1H3. The summed E-state index contributed by atoms with van der Waals surface area (Å²) in [6, 6.07) is 18.5. The molecule has 1 fully saturated rings. The Morgan fingerprint density at radius 1 is 1.12 bits per heavy atom. The minimum Gasteiger partial charge on any atom is -0.342 e. The summed E-state index contributed by atoms with van der Waals surface area (Å²) < 4.78 is 2.19. The molecule has 4 heteroatoms. The van der Waals surface area contributed by atoms with Gasteiger partial charge in [0.1, 0.15) is 5.82 Å². The third-order valence-electron chi connectivity index (χ3n) is 5.43. The minimum atomic E-state index is 0.261. The Labute approximate surface area is 154 Å². The zero-order valence-electron chi connectivity index (χ0n) is 15.3. The Morgan fingerprint density at radius 2 is 1.88 bits per heavy atom. The number of imidazole rings is 1. The summed E-state index contributed by atoms with van der Waals surface area (Å²) in [5.74, 6) is 1.69. The van der Waals surface area contributed by atoms with Crippen LogP contribution < -0.4 is 0 Å². The van der Waals surface area contributed by atoms with Crippen molar-refractivity contribution in [3.63, 3.8) is 0 Å². The summed E-state index contributed by atoms with van der Waals surface area (Å²) in [4.78, 5) is 19.6. The number of para-hydroxylation sites is 2. The van der Waals surface area contributed by atoms with E-state index in [0.29, 0.717) is 12.3 Å². The summed E-state index contributed by atoms with van der Waals surface area (Å²) in [5, 5.41) is 0. The van der Waals surface area contributed by atoms with Crippen LogP contribution in [0, 0.1) is 0 Å². The molecule has 1 saturated heterocycles. The molecule has 1 aromatic heterocycles. The van der Waals surface area contributed by atoms with E-state index in [0.717, 1.165) is 49.2 Å². The van der Waals surface area contributed by atoms with Gasteiger partial charge in [0, 0.05) is 32.5 Å². The van der Waals surface area contributed by atoms with Gasteiger partial charge in [-0.05, 0) is 37.0 Å². The molecule has 2 aromatic carbocycles. The molecule has 1 unspecified atom stereocenters. The molecular formula is C22H25N3O. The average molecular weight is 347 g/mol. The Hall–Kier alpha value is -2.62. The van der Waals surface area contributed by atoms with Crippen LogP contribution in [0.4, 0.5) is 0 Å². The second kappa shape index (κ2) is 7.32. The summed E-state index contributed by atoms with van der Waals surface area (Å²) in [7, 11) is 2.08. The van der Waals surface area contributed by atoms with Crippen LogP contribution in [0.5, 0.6) is 0 Å². The molecule has 0 N–H and O–H groups in total. The van der Waals surface area contributed by atoms with Crippen molar-refractivity contribution in [1.29, 1.82) is 0 Å². The summed E-state index contributed by atoms with van der Waals surface area (Å²) in [5.41, 5.74) is 3.43. The van der Waals surface area contributed by atoms with Gasteiger partial charge in [-0.15, -0.1) is 0 Å². The van der Waals surface area contributed by atoms with Gasteiger partial charge < -0.3 is 9.47 Å². The van der Waals surface area contributed by atoms with E-state index in [1.807, 2.05) is 35.2 Å². The molecule has 3 aromatic rings. The number of rotatable bonds is 4. The third kappa shape index (κ3) is 3.36. The lowest BCUT2D eigenvalue weighted by atomic mass is 9.96. The third-order valence-corrected chi connectivity index (χ3v) is 5.43. The fraction of sp³-hybridized carbons (Fsp3) is 0.364. The zero-order chi connectivity index (χ0) is 17.9. The number of carbonyl (C=O) groups excluding carboxylic acids is 1. The van der Waals surface area contributed by atoms with E-state index >= 15 is 0 Å². The highest BCUT2D eigenvalue weighted by atomic mass is 16.2. The lowest BCUT2D eigenvalue weighted by molar-refractivity contribution is -0.132. The van der Waals surface area contributed by atoms with Crippen LogP contribution in [0.25, 0.3) is 11.0 Å². The highest BCUT2D eigenvalue weighted by molar-refractivity contribution is 5.77. The van der Waals surface area contributed by atoms with Gasteiger partial charge >= 0.3 is 0 Å². The maximum atomic E-state index is 12.7. The molecule has 1 aliphatic heterocycles. The van der Waals surface area contributed by atoms with Crippen molar-refractivity contribution >= 4 is 16.9 Å². The van der Waals surface area contributed by atoms with Gasteiger partial charge in [-0.1, -0.05) is 42.5 Å². The summed E-state index contributed by atoms with van der Waals surface area (Å²) in [6.45, 7) is 1.65. The molecule has 2 heterocycles. The number of fused-ring (bicyclic) bond motifs is 1. The number of aryl methyl sites for hydroxylation is 2. The average Bonchev–Trinajstić information content (AvgIpc) is 3.04. The number of likely N-dealkylation sites (tertiary alicyclic amines) is 1. The predicted molar refractivity (Wildman–Crippen MR) is 104 cm³/mol. The second-order valence-corrected chi connectivity index (χ2v) is 7.18. The molecule has 1 amide bonds. The number of benzene rings is 2. The molecular weight excluding hydrogens is 322 g/mol. The summed E-state index contributed by atoms with van der Waals surface area (Å²) in [6.07, 6.45) is 3.54. The zero-order valence-corrected chi connectivity index (χ0v) is 15.3. The molecule has 0 saturated carbocycles. The van der Waals surface area contributed by atoms with Crippen LogP contribution in [-0.4, -0.2) is 33.4 Å². The molecule has 4 nitrogen and oxygen atoms in total. The second-order valence-electron chi connectivity index (χ2n) is 7.18. The van der Waals surface area contributed by atoms with Crippen molar-refractivity contribution in [1.82, 2.24) is 14.5 Å². The van der Waals surface area contributed by atoms with E-state index in [4.69, 9.17) is 4.98 Å². The first-order valence-electron chi connectivity index (χ1n) is 9.45. The Balaban J connectivity index is 1.45. The molecule has 26 heavy (non-hydrogen) atoms. The first-order chi connectivity index (χ1) is 12.7. The molecule has 1 aliphatic rings. The lowest BCUT2D eigenvalue weighted by Crippen LogP contribution is -2.39. The topological polar surface area (TPSA) is 38.1 Å². The number of amides is 1. The maximum Gasteiger partial charge on any atom is 0.222 e. The first-order valence-corrected chi connectivity index (χ1v) is 9.45. The van der Waals surface area contributed by atoms with Crippen LogP contribution in [0.2, 0.25) is 0 Å². The van der Waals surface area contributed by atoms with Crippen LogP contribution >= 0.6 is 0 Å². The lowest BCUT2D eigenvalue weighted by Gasteiger charge is -2.32. The van der Waals surface area contributed by atoms with E-state index in [1.165, 1.54) is 5.56 Å². The largest absolute Gasteiger partial charge is 0.342 e. The number of hydrogen-bond acceptors (Lipinski definition) is 2. The van der Waals surface area contributed by atoms with Crippen molar-refractivity contribution < 1.29 is 4.79 Å². The van der Waals surface area contributed by atoms with Crippen LogP contribution in [0.15, 0.2) is 54.6 Å². The molecule has 0 bridgehead atoms. The van der Waals surface area contributed by atoms with Crippen molar-refractivity contribution in [2.45, 2.75) is 31.6 Å². The smallest absolute Gasteiger partial charge is 0.222 e. The van der Waals surface area contributed by atoms with Gasteiger partial charge in [0.2, 0.25) is 5.91 Å². The van der Waals surface area contributed by atoms with E-state index < -0.39 is 0 Å². The quantitative estimate of drug-likeness (QED) is 0.718. The molecule has 1 atom stereocenters. The normalized spacial score (nSPS) is 17.6. The van der Waals surface area contributed by atoms with Gasteiger partial charge in [-0.3, -0.25) is 4.79 Å². The van der Waals surface area contributed by atoms with E-state index in [-0.39, 0.29) is 5.91 Å². The van der Waals surface area contributed by atoms with Crippen LogP contribution in [0.3, 0.4) is 0 Å². The van der Waals surface area contributed by atoms with Gasteiger partial charge in [-0.25, -0.2) is 4.98 Å². The van der Waals surface area contributed by atoms with Crippen molar-refractivity contribution in [2.75, 3.05) is 13.1 Å². The fourth-order valence-electron chi connectivity index (χ4n) is 4.00. The number of hydrogen-bond donors (Lipinski definition) is 0. The number of carbonyl (C=O) groups is 1. The van der Waals surface area contributed by atoms with Gasteiger partial charge in [-0.2, -0.15) is 0 Å². The SMILES string of the molecule is Cn1c(C2CCCN(C(=O)CCc3ccccc3)C2)nc2ccccc21. The van der Waals surface area contributed by atoms with Crippen molar-refractivity contribution in [2.24, 2.45) is 7.05 Å². The van der Waals surface area contributed by atoms with Crippen molar-refractivity contribution in [3.05, 3.63) is 66.0 Å². The minimum absolute atomic E-state index is 0.261. The highest BCUT2D eigenvalue weighted by Crippen LogP contribution is 2.29. The summed E-state index contributed by atoms with van der Waals surface area (Å²) >= 11 is 0. The highest BCUT2D eigenvalue weighted by Gasteiger charge is 2.27. The maximum absolute atomic E-state index is 12.7. The Bertz CT molecular complexity index is 900. The van der Waals surface area contributed by atoms with E-state index in [1.54, 1.807) is 0 Å². The molecule has 0 spiro atoms. The fourth-order valence-corrected chi connectivity index (χ4v) is 4.00. The Kier molecular flexibility index (Phi) is 4.74. The molecule has 4 rings (SSSR count). The predicted octanol–water partition coefficient (Wildman–Crippen LogP) is 3.91. The van der Waals surface area contributed by atoms with Gasteiger partial charge in [0.15, 0.2) is 0 Å². The van der Waals surface area contributed by atoms with Gasteiger partial charge in [0.05, 0.1) is 11.0 Å². The van der Waals surface area contributed by atoms with Crippen LogP contribution in [0.1, 0.15) is 36.6 Å². The molecule has 0 radical (unpaired) electrons. The van der Waals surface area contributed by atoms with E-state index in [2.05, 4.69) is 35.9 Å². The molecule has 134 valence electrons. The first kappa shape index (κ1) is 16.8. The molecule has 0 aliphatic carbocycles. The number of piperidine rings is 1.